The Hall–Kier alpha value is -2.11. The van der Waals surface area contributed by atoms with E-state index in [1.807, 2.05) is 26.8 Å². The fourth-order valence-electron chi connectivity index (χ4n) is 3.34. The molecule has 1 aliphatic heterocycles. The van der Waals surface area contributed by atoms with Crippen LogP contribution in [0.15, 0.2) is 35.7 Å². The topological polar surface area (TPSA) is 42.4 Å². The van der Waals surface area contributed by atoms with Gasteiger partial charge in [0.05, 0.1) is 5.69 Å². The number of aromatic nitrogens is 1. The molecule has 27 heavy (non-hydrogen) atoms. The van der Waals surface area contributed by atoms with Crippen LogP contribution in [0.5, 0.6) is 0 Å². The molecule has 0 spiro atoms. The Morgan fingerprint density at radius 2 is 2.04 bits per heavy atom. The number of thiophene rings is 1. The molecular formula is C21H21ClN2O2S. The van der Waals surface area contributed by atoms with Crippen molar-refractivity contribution in [2.75, 3.05) is 6.54 Å². The van der Waals surface area contributed by atoms with Crippen molar-refractivity contribution < 1.29 is 9.53 Å². The van der Waals surface area contributed by atoms with E-state index in [9.17, 15) is 4.79 Å². The van der Waals surface area contributed by atoms with Crippen LogP contribution in [0, 0.1) is 0 Å². The molecule has 6 heteroatoms. The van der Waals surface area contributed by atoms with Gasteiger partial charge in [-0.15, -0.1) is 11.3 Å². The summed E-state index contributed by atoms with van der Waals surface area (Å²) >= 11 is 7.88. The van der Waals surface area contributed by atoms with Gasteiger partial charge < -0.3 is 9.64 Å². The summed E-state index contributed by atoms with van der Waals surface area (Å²) < 4.78 is 6.64. The summed E-state index contributed by atoms with van der Waals surface area (Å²) in [5.41, 5.74) is 3.89. The first-order chi connectivity index (χ1) is 12.8. The smallest absolute Gasteiger partial charge is 0.410 e. The van der Waals surface area contributed by atoms with E-state index in [1.54, 1.807) is 16.2 Å². The lowest BCUT2D eigenvalue weighted by molar-refractivity contribution is 0.0224. The van der Waals surface area contributed by atoms with E-state index in [2.05, 4.69) is 34.6 Å². The molecule has 0 aliphatic carbocycles. The number of nitrogens with zero attached hydrogens (tertiary/aromatic N) is 2. The third-order valence-electron chi connectivity index (χ3n) is 4.56. The molecule has 4 nitrogen and oxygen atoms in total. The molecular weight excluding hydrogens is 380 g/mol. The Labute approximate surface area is 167 Å². The van der Waals surface area contributed by atoms with E-state index in [1.165, 1.54) is 5.56 Å². The van der Waals surface area contributed by atoms with Crippen LogP contribution < -0.4 is 0 Å². The molecule has 0 saturated heterocycles. The molecule has 2 aromatic heterocycles. The van der Waals surface area contributed by atoms with Gasteiger partial charge >= 0.3 is 6.09 Å². The molecule has 0 bridgehead atoms. The van der Waals surface area contributed by atoms with Crippen LogP contribution in [-0.4, -0.2) is 28.1 Å². The van der Waals surface area contributed by atoms with E-state index < -0.39 is 5.60 Å². The number of carbonyl (C=O) groups is 1. The minimum absolute atomic E-state index is 0.256. The monoisotopic (exact) mass is 400 g/mol. The largest absolute Gasteiger partial charge is 0.444 e. The molecule has 3 aromatic rings. The van der Waals surface area contributed by atoms with Crippen molar-refractivity contribution in [3.63, 3.8) is 0 Å². The van der Waals surface area contributed by atoms with Gasteiger partial charge in [0.1, 0.15) is 10.8 Å². The fourth-order valence-corrected chi connectivity index (χ4v) is 4.42. The number of halogens is 1. The second-order valence-electron chi connectivity index (χ2n) is 7.76. The van der Waals surface area contributed by atoms with Crippen molar-refractivity contribution >= 4 is 39.1 Å². The zero-order valence-corrected chi connectivity index (χ0v) is 17.2. The zero-order chi connectivity index (χ0) is 19.2. The summed E-state index contributed by atoms with van der Waals surface area (Å²) in [5.74, 6) is 0. The predicted molar refractivity (Wildman–Crippen MR) is 110 cm³/mol. The Bertz CT molecular complexity index is 1020. The Morgan fingerprint density at radius 3 is 2.81 bits per heavy atom. The van der Waals surface area contributed by atoms with Crippen molar-refractivity contribution in [2.45, 2.75) is 39.3 Å². The maximum absolute atomic E-state index is 12.3. The standard InChI is InChI=1S/C21H21ClN2O2S/c1-21(2,3)26-20(25)24-8-6-13-10-14(4-5-15(13)12-24)19-16-7-9-27-17(16)11-18(22)23-19/h4-5,7,9-11H,6,8,12H2,1-3H3. The maximum Gasteiger partial charge on any atom is 0.410 e. The van der Waals surface area contributed by atoms with Crippen LogP contribution in [0.2, 0.25) is 5.15 Å². The first kappa shape index (κ1) is 18.3. The van der Waals surface area contributed by atoms with Crippen molar-refractivity contribution in [3.8, 4) is 11.3 Å². The number of amides is 1. The SMILES string of the molecule is CC(C)(C)OC(=O)N1CCc2cc(-c3nc(Cl)cc4sccc34)ccc2C1. The summed E-state index contributed by atoms with van der Waals surface area (Å²) in [6, 6.07) is 10.3. The van der Waals surface area contributed by atoms with Gasteiger partial charge in [-0.2, -0.15) is 0 Å². The molecule has 0 saturated carbocycles. The lowest BCUT2D eigenvalue weighted by Gasteiger charge is -2.31. The third-order valence-corrected chi connectivity index (χ3v) is 5.62. The first-order valence-corrected chi connectivity index (χ1v) is 10.2. The minimum Gasteiger partial charge on any atom is -0.444 e. The summed E-state index contributed by atoms with van der Waals surface area (Å²) in [7, 11) is 0. The highest BCUT2D eigenvalue weighted by molar-refractivity contribution is 7.17. The lowest BCUT2D eigenvalue weighted by Crippen LogP contribution is -2.39. The molecule has 4 rings (SSSR count). The van der Waals surface area contributed by atoms with Crippen molar-refractivity contribution in [1.29, 1.82) is 0 Å². The van der Waals surface area contributed by atoms with Gasteiger partial charge in [0.15, 0.2) is 0 Å². The van der Waals surface area contributed by atoms with Gasteiger partial charge in [0.2, 0.25) is 0 Å². The molecule has 0 radical (unpaired) electrons. The summed E-state index contributed by atoms with van der Waals surface area (Å²) in [6.45, 7) is 6.89. The Morgan fingerprint density at radius 1 is 1.22 bits per heavy atom. The van der Waals surface area contributed by atoms with Crippen LogP contribution in [0.1, 0.15) is 31.9 Å². The van der Waals surface area contributed by atoms with Crippen LogP contribution in [0.3, 0.4) is 0 Å². The van der Waals surface area contributed by atoms with Gasteiger partial charge in [-0.05, 0) is 61.9 Å². The van der Waals surface area contributed by atoms with Gasteiger partial charge in [0, 0.05) is 28.7 Å². The van der Waals surface area contributed by atoms with Crippen molar-refractivity contribution in [3.05, 3.63) is 52.0 Å². The minimum atomic E-state index is -0.481. The second kappa shape index (κ2) is 6.80. The average molecular weight is 401 g/mol. The van der Waals surface area contributed by atoms with Crippen LogP contribution in [-0.2, 0) is 17.7 Å². The number of rotatable bonds is 1. The van der Waals surface area contributed by atoms with E-state index in [0.717, 1.165) is 33.3 Å². The molecule has 0 unspecified atom stereocenters. The van der Waals surface area contributed by atoms with Crippen LogP contribution in [0.25, 0.3) is 21.3 Å². The van der Waals surface area contributed by atoms with E-state index in [-0.39, 0.29) is 6.09 Å². The quantitative estimate of drug-likeness (QED) is 0.477. The molecule has 0 fully saturated rings. The fraction of sp³-hybridized carbons (Fsp3) is 0.333. The summed E-state index contributed by atoms with van der Waals surface area (Å²) in [4.78, 5) is 18.7. The normalized spacial score (nSPS) is 14.3. The number of fused-ring (bicyclic) bond motifs is 2. The summed E-state index contributed by atoms with van der Waals surface area (Å²) in [6.07, 6.45) is 0.546. The number of hydrogen-bond donors (Lipinski definition) is 0. The Balaban J connectivity index is 1.62. The molecule has 140 valence electrons. The highest BCUT2D eigenvalue weighted by Gasteiger charge is 2.26. The summed E-state index contributed by atoms with van der Waals surface area (Å²) in [5, 5.41) is 3.69. The molecule has 1 amide bonds. The number of hydrogen-bond acceptors (Lipinski definition) is 4. The van der Waals surface area contributed by atoms with E-state index in [0.29, 0.717) is 18.2 Å². The van der Waals surface area contributed by atoms with Crippen molar-refractivity contribution in [2.24, 2.45) is 0 Å². The third kappa shape index (κ3) is 3.80. The number of ether oxygens (including phenoxy) is 1. The number of benzene rings is 1. The first-order valence-electron chi connectivity index (χ1n) is 8.94. The van der Waals surface area contributed by atoms with Crippen LogP contribution in [0.4, 0.5) is 4.79 Å². The predicted octanol–water partition coefficient (Wildman–Crippen LogP) is 5.91. The van der Waals surface area contributed by atoms with Crippen LogP contribution >= 0.6 is 22.9 Å². The highest BCUT2D eigenvalue weighted by atomic mass is 35.5. The van der Waals surface area contributed by atoms with E-state index >= 15 is 0 Å². The molecule has 3 heterocycles. The average Bonchev–Trinajstić information content (AvgIpc) is 3.07. The van der Waals surface area contributed by atoms with E-state index in [4.69, 9.17) is 16.3 Å². The molecule has 0 atom stereocenters. The second-order valence-corrected chi connectivity index (χ2v) is 9.10. The lowest BCUT2D eigenvalue weighted by atomic mass is 9.95. The van der Waals surface area contributed by atoms with Gasteiger partial charge in [-0.3, -0.25) is 0 Å². The maximum atomic E-state index is 12.3. The molecule has 0 N–H and O–H groups in total. The molecule has 1 aliphatic rings. The van der Waals surface area contributed by atoms with Gasteiger partial charge in [-0.25, -0.2) is 9.78 Å². The zero-order valence-electron chi connectivity index (χ0n) is 15.6. The number of carbonyl (C=O) groups excluding carboxylic acids is 1. The Kier molecular flexibility index (Phi) is 4.60. The highest BCUT2D eigenvalue weighted by Crippen LogP contribution is 2.34. The molecule has 1 aromatic carbocycles. The van der Waals surface area contributed by atoms with Gasteiger partial charge in [0.25, 0.3) is 0 Å². The number of pyridine rings is 1. The van der Waals surface area contributed by atoms with Crippen molar-refractivity contribution in [1.82, 2.24) is 9.88 Å². The van der Waals surface area contributed by atoms with Gasteiger partial charge in [-0.1, -0.05) is 23.7 Å².